The van der Waals surface area contributed by atoms with Gasteiger partial charge in [-0.15, -0.1) is 0 Å². The fourth-order valence-corrected chi connectivity index (χ4v) is 3.83. The van der Waals surface area contributed by atoms with Crippen LogP contribution >= 0.6 is 11.6 Å². The van der Waals surface area contributed by atoms with Crippen LogP contribution in [0.3, 0.4) is 0 Å². The van der Waals surface area contributed by atoms with Gasteiger partial charge in [-0.25, -0.2) is 9.97 Å². The molecule has 1 unspecified atom stereocenters. The lowest BCUT2D eigenvalue weighted by molar-refractivity contribution is -0.120. The Bertz CT molecular complexity index is 1040. The zero-order chi connectivity index (χ0) is 20.5. The van der Waals surface area contributed by atoms with Crippen molar-refractivity contribution in [3.05, 3.63) is 41.3 Å². The number of nitrogens with one attached hydrogen (secondary N) is 1. The summed E-state index contributed by atoms with van der Waals surface area (Å²) in [4.78, 5) is 26.0. The minimum absolute atomic E-state index is 0.0273. The summed E-state index contributed by atoms with van der Waals surface area (Å²) in [6.45, 7) is 7.01. The van der Waals surface area contributed by atoms with E-state index in [1.807, 2.05) is 33.0 Å². The van der Waals surface area contributed by atoms with E-state index in [0.717, 1.165) is 54.3 Å². The van der Waals surface area contributed by atoms with Gasteiger partial charge in [0.15, 0.2) is 5.65 Å². The van der Waals surface area contributed by atoms with Crippen LogP contribution in [0.2, 0.25) is 5.02 Å². The molecule has 3 aromatic rings. The molecule has 1 aromatic carbocycles. The number of anilines is 2. The zero-order valence-electron chi connectivity index (χ0n) is 16.8. The lowest BCUT2D eigenvalue weighted by Gasteiger charge is -2.38. The van der Waals surface area contributed by atoms with E-state index in [-0.39, 0.29) is 11.9 Å². The first-order valence-electron chi connectivity index (χ1n) is 9.63. The van der Waals surface area contributed by atoms with Crippen molar-refractivity contribution in [2.24, 2.45) is 7.05 Å². The Kier molecular flexibility index (Phi) is 5.38. The van der Waals surface area contributed by atoms with Gasteiger partial charge in [0.1, 0.15) is 12.1 Å². The van der Waals surface area contributed by atoms with E-state index < -0.39 is 0 Å². The molecule has 1 aliphatic heterocycles. The number of fused-ring (bicyclic) bond motifs is 1. The second-order valence-electron chi connectivity index (χ2n) is 7.35. The lowest BCUT2D eigenvalue weighted by Crippen LogP contribution is -2.53. The maximum atomic E-state index is 12.8. The summed E-state index contributed by atoms with van der Waals surface area (Å²) in [5.74, 6) is 0.870. The number of carbonyl (C=O) groups excluding carboxylic acids is 1. The minimum Gasteiger partial charge on any atom is -0.353 e. The molecule has 8 nitrogen and oxygen atoms in total. The average Bonchev–Trinajstić information content (AvgIpc) is 3.11. The van der Waals surface area contributed by atoms with Crippen LogP contribution in [-0.4, -0.2) is 62.8 Å². The molecule has 152 valence electrons. The van der Waals surface area contributed by atoms with Crippen LogP contribution < -0.4 is 10.2 Å². The third-order valence-electron chi connectivity index (χ3n) is 5.51. The van der Waals surface area contributed by atoms with Gasteiger partial charge in [0.05, 0.1) is 17.6 Å². The molecule has 3 heterocycles. The Balaban J connectivity index is 1.41. The summed E-state index contributed by atoms with van der Waals surface area (Å²) in [6, 6.07) is 5.27. The van der Waals surface area contributed by atoms with E-state index in [9.17, 15) is 4.79 Å². The first-order chi connectivity index (χ1) is 13.9. The van der Waals surface area contributed by atoms with E-state index in [0.29, 0.717) is 5.02 Å². The Morgan fingerprint density at radius 3 is 2.72 bits per heavy atom. The van der Waals surface area contributed by atoms with Gasteiger partial charge in [-0.3, -0.25) is 14.4 Å². The van der Waals surface area contributed by atoms with E-state index >= 15 is 0 Å². The Morgan fingerprint density at radius 1 is 1.21 bits per heavy atom. The number of piperazine rings is 1. The molecule has 1 atom stereocenters. The lowest BCUT2D eigenvalue weighted by atomic mass is 10.1. The number of halogens is 1. The molecular formula is C20H24ClN7O. The van der Waals surface area contributed by atoms with Crippen LogP contribution in [0.15, 0.2) is 30.7 Å². The predicted molar refractivity (Wildman–Crippen MR) is 114 cm³/mol. The molecule has 29 heavy (non-hydrogen) atoms. The van der Waals surface area contributed by atoms with Crippen molar-refractivity contribution in [3.63, 3.8) is 0 Å². The van der Waals surface area contributed by atoms with Gasteiger partial charge in [0.25, 0.3) is 0 Å². The Morgan fingerprint density at radius 2 is 1.97 bits per heavy atom. The fourth-order valence-electron chi connectivity index (χ4n) is 3.65. The summed E-state index contributed by atoms with van der Waals surface area (Å²) < 4.78 is 1.75. The standard InChI is InChI=1S/C20H24ClN7O/c1-13-4-5-15(21)10-17(13)25-20(29)14(2)27-6-8-28(9-7-27)19-16-11-24-26(3)18(16)22-12-23-19/h4-5,10-12,14H,6-9H2,1-3H3,(H,25,29). The summed E-state index contributed by atoms with van der Waals surface area (Å²) in [5, 5.41) is 8.85. The van der Waals surface area contributed by atoms with Gasteiger partial charge in [-0.1, -0.05) is 17.7 Å². The maximum absolute atomic E-state index is 12.8. The van der Waals surface area contributed by atoms with Gasteiger partial charge in [-0.05, 0) is 31.5 Å². The number of benzene rings is 1. The van der Waals surface area contributed by atoms with Gasteiger partial charge < -0.3 is 10.2 Å². The van der Waals surface area contributed by atoms with Crippen molar-refractivity contribution in [1.82, 2.24) is 24.6 Å². The van der Waals surface area contributed by atoms with Crippen molar-refractivity contribution in [3.8, 4) is 0 Å². The zero-order valence-corrected chi connectivity index (χ0v) is 17.5. The highest BCUT2D eigenvalue weighted by molar-refractivity contribution is 6.31. The molecule has 0 radical (unpaired) electrons. The molecule has 1 saturated heterocycles. The molecule has 9 heteroatoms. The highest BCUT2D eigenvalue weighted by Gasteiger charge is 2.27. The third kappa shape index (κ3) is 3.90. The largest absolute Gasteiger partial charge is 0.353 e. The van der Waals surface area contributed by atoms with Gasteiger partial charge in [0.2, 0.25) is 5.91 Å². The number of carbonyl (C=O) groups is 1. The van der Waals surface area contributed by atoms with E-state index in [1.165, 1.54) is 0 Å². The SMILES string of the molecule is Cc1ccc(Cl)cc1NC(=O)C(C)N1CCN(c2ncnc3c2cnn3C)CC1. The molecule has 1 amide bonds. The summed E-state index contributed by atoms with van der Waals surface area (Å²) in [6.07, 6.45) is 3.38. The van der Waals surface area contributed by atoms with Gasteiger partial charge in [0, 0.05) is 43.9 Å². The topological polar surface area (TPSA) is 79.2 Å². The summed E-state index contributed by atoms with van der Waals surface area (Å²) in [5.41, 5.74) is 2.57. The Labute approximate surface area is 174 Å². The number of hydrogen-bond donors (Lipinski definition) is 1. The number of hydrogen-bond acceptors (Lipinski definition) is 6. The van der Waals surface area contributed by atoms with E-state index in [4.69, 9.17) is 11.6 Å². The first-order valence-corrected chi connectivity index (χ1v) is 10.0. The molecule has 4 rings (SSSR count). The number of aryl methyl sites for hydroxylation is 2. The molecule has 0 spiro atoms. The fraction of sp³-hybridized carbons (Fsp3) is 0.400. The van der Waals surface area contributed by atoms with Crippen LogP contribution in [0.4, 0.5) is 11.5 Å². The van der Waals surface area contributed by atoms with E-state index in [2.05, 4.69) is 30.2 Å². The molecule has 1 N–H and O–H groups in total. The monoisotopic (exact) mass is 413 g/mol. The molecular weight excluding hydrogens is 390 g/mol. The number of amides is 1. The second kappa shape index (κ2) is 7.96. The van der Waals surface area contributed by atoms with Crippen LogP contribution in [0, 0.1) is 6.92 Å². The van der Waals surface area contributed by atoms with Crippen LogP contribution in [0.25, 0.3) is 11.0 Å². The van der Waals surface area contributed by atoms with Crippen LogP contribution in [0.5, 0.6) is 0 Å². The van der Waals surface area contributed by atoms with Crippen molar-refractivity contribution in [1.29, 1.82) is 0 Å². The summed E-state index contributed by atoms with van der Waals surface area (Å²) >= 11 is 6.06. The predicted octanol–water partition coefficient (Wildman–Crippen LogP) is 2.47. The maximum Gasteiger partial charge on any atom is 0.241 e. The van der Waals surface area contributed by atoms with Crippen molar-refractivity contribution in [2.45, 2.75) is 19.9 Å². The van der Waals surface area contributed by atoms with Gasteiger partial charge >= 0.3 is 0 Å². The molecule has 1 fully saturated rings. The average molecular weight is 414 g/mol. The highest BCUT2D eigenvalue weighted by atomic mass is 35.5. The van der Waals surface area contributed by atoms with Crippen molar-refractivity contribution in [2.75, 3.05) is 36.4 Å². The number of nitrogens with zero attached hydrogens (tertiary/aromatic N) is 6. The van der Waals surface area contributed by atoms with Crippen molar-refractivity contribution < 1.29 is 4.79 Å². The summed E-state index contributed by atoms with van der Waals surface area (Å²) in [7, 11) is 1.87. The Hall–Kier alpha value is -2.71. The third-order valence-corrected chi connectivity index (χ3v) is 5.74. The normalized spacial score (nSPS) is 16.2. The molecule has 2 aromatic heterocycles. The quantitative estimate of drug-likeness (QED) is 0.707. The van der Waals surface area contributed by atoms with Gasteiger partial charge in [-0.2, -0.15) is 5.10 Å². The smallest absolute Gasteiger partial charge is 0.241 e. The first kappa shape index (κ1) is 19.6. The van der Waals surface area contributed by atoms with E-state index in [1.54, 1.807) is 23.3 Å². The minimum atomic E-state index is -0.237. The molecule has 1 aliphatic rings. The number of rotatable bonds is 4. The molecule has 0 saturated carbocycles. The molecule has 0 bridgehead atoms. The second-order valence-corrected chi connectivity index (χ2v) is 7.79. The van der Waals surface area contributed by atoms with Crippen molar-refractivity contribution >= 4 is 40.0 Å². The van der Waals surface area contributed by atoms with Crippen LogP contribution in [0.1, 0.15) is 12.5 Å². The molecule has 0 aliphatic carbocycles. The highest BCUT2D eigenvalue weighted by Crippen LogP contribution is 2.24. The van der Waals surface area contributed by atoms with Crippen LogP contribution in [-0.2, 0) is 11.8 Å². The number of aromatic nitrogens is 4.